The highest BCUT2D eigenvalue weighted by molar-refractivity contribution is 7.08. The van der Waals surface area contributed by atoms with Crippen molar-refractivity contribution in [3.63, 3.8) is 0 Å². The lowest BCUT2D eigenvalue weighted by molar-refractivity contribution is 0.0643. The standard InChI is InChI=1S/C21H31N3O2S/c1-4-22-20(24-16-21(3,25)19-11-14-27-15-19)23-12-8-13-26-17(2)18-9-6-5-7-10-18/h5-7,9-11,14-15,17,25H,4,8,12-13,16H2,1-3H3,(H2,22,23,24). The van der Waals surface area contributed by atoms with Gasteiger partial charge in [-0.2, -0.15) is 11.3 Å². The van der Waals surface area contributed by atoms with Gasteiger partial charge in [0, 0.05) is 19.7 Å². The van der Waals surface area contributed by atoms with Crippen molar-refractivity contribution in [3.8, 4) is 0 Å². The van der Waals surface area contributed by atoms with Crippen LogP contribution in [0.4, 0.5) is 0 Å². The molecule has 2 rings (SSSR count). The molecule has 1 aromatic carbocycles. The van der Waals surface area contributed by atoms with Gasteiger partial charge in [-0.15, -0.1) is 0 Å². The normalized spacial score (nSPS) is 15.2. The molecule has 2 aromatic rings. The molecule has 0 amide bonds. The van der Waals surface area contributed by atoms with Crippen LogP contribution >= 0.6 is 11.3 Å². The fourth-order valence-corrected chi connectivity index (χ4v) is 3.38. The maximum absolute atomic E-state index is 10.6. The van der Waals surface area contributed by atoms with Crippen LogP contribution in [0.1, 0.15) is 44.4 Å². The molecule has 2 unspecified atom stereocenters. The van der Waals surface area contributed by atoms with Gasteiger partial charge < -0.3 is 20.5 Å². The molecular weight excluding hydrogens is 358 g/mol. The third kappa shape index (κ3) is 7.33. The highest BCUT2D eigenvalue weighted by atomic mass is 32.1. The summed E-state index contributed by atoms with van der Waals surface area (Å²) in [6, 6.07) is 12.2. The van der Waals surface area contributed by atoms with Crippen molar-refractivity contribution >= 4 is 17.3 Å². The van der Waals surface area contributed by atoms with Crippen molar-refractivity contribution in [2.45, 2.75) is 38.9 Å². The van der Waals surface area contributed by atoms with Gasteiger partial charge in [-0.05, 0) is 55.1 Å². The molecule has 27 heavy (non-hydrogen) atoms. The second-order valence-corrected chi connectivity index (χ2v) is 7.47. The van der Waals surface area contributed by atoms with Gasteiger partial charge in [0.15, 0.2) is 5.96 Å². The summed E-state index contributed by atoms with van der Waals surface area (Å²) < 4.78 is 5.89. The van der Waals surface area contributed by atoms with Crippen LogP contribution in [0, 0.1) is 0 Å². The number of thiophene rings is 1. The number of nitrogens with zero attached hydrogens (tertiary/aromatic N) is 1. The summed E-state index contributed by atoms with van der Waals surface area (Å²) in [5.74, 6) is 0.712. The molecule has 2 atom stereocenters. The van der Waals surface area contributed by atoms with E-state index in [2.05, 4.69) is 34.7 Å². The first-order chi connectivity index (χ1) is 13.0. The van der Waals surface area contributed by atoms with Crippen LogP contribution in [-0.4, -0.2) is 37.3 Å². The number of aliphatic hydroxyl groups is 1. The predicted octanol–water partition coefficient (Wildman–Crippen LogP) is 3.68. The van der Waals surface area contributed by atoms with E-state index in [-0.39, 0.29) is 6.10 Å². The zero-order valence-electron chi connectivity index (χ0n) is 16.4. The van der Waals surface area contributed by atoms with E-state index in [1.165, 1.54) is 5.56 Å². The molecule has 0 aliphatic rings. The van der Waals surface area contributed by atoms with E-state index in [0.29, 0.717) is 19.1 Å². The molecule has 0 aliphatic carbocycles. The van der Waals surface area contributed by atoms with E-state index >= 15 is 0 Å². The molecule has 1 heterocycles. The summed E-state index contributed by atoms with van der Waals surface area (Å²) in [6.45, 7) is 8.40. The molecule has 0 bridgehead atoms. The maximum atomic E-state index is 10.6. The molecule has 0 fully saturated rings. The zero-order chi connectivity index (χ0) is 19.5. The maximum Gasteiger partial charge on any atom is 0.191 e. The first-order valence-electron chi connectivity index (χ1n) is 9.46. The van der Waals surface area contributed by atoms with E-state index in [4.69, 9.17) is 4.74 Å². The van der Waals surface area contributed by atoms with Crippen LogP contribution in [0.5, 0.6) is 0 Å². The summed E-state index contributed by atoms with van der Waals surface area (Å²) in [5, 5.41) is 21.0. The van der Waals surface area contributed by atoms with Crippen LogP contribution in [0.25, 0.3) is 0 Å². The summed E-state index contributed by atoms with van der Waals surface area (Å²) in [7, 11) is 0. The van der Waals surface area contributed by atoms with Crippen LogP contribution in [0.3, 0.4) is 0 Å². The van der Waals surface area contributed by atoms with Crippen molar-refractivity contribution in [1.82, 2.24) is 10.6 Å². The largest absolute Gasteiger partial charge is 0.383 e. The van der Waals surface area contributed by atoms with Crippen LogP contribution in [0.15, 0.2) is 52.2 Å². The fourth-order valence-electron chi connectivity index (χ4n) is 2.60. The topological polar surface area (TPSA) is 65.9 Å². The number of ether oxygens (including phenoxy) is 1. The number of nitrogens with one attached hydrogen (secondary N) is 2. The van der Waals surface area contributed by atoms with Crippen molar-refractivity contribution in [3.05, 3.63) is 58.3 Å². The molecule has 0 aliphatic heterocycles. The number of benzene rings is 1. The van der Waals surface area contributed by atoms with Gasteiger partial charge >= 0.3 is 0 Å². The van der Waals surface area contributed by atoms with Crippen molar-refractivity contribution in [1.29, 1.82) is 0 Å². The number of rotatable bonds is 10. The summed E-state index contributed by atoms with van der Waals surface area (Å²) in [5.41, 5.74) is 1.13. The number of aliphatic imine (C=N–C) groups is 1. The molecular formula is C21H31N3O2S. The van der Waals surface area contributed by atoms with E-state index in [1.807, 2.05) is 41.9 Å². The van der Waals surface area contributed by atoms with E-state index < -0.39 is 5.60 Å². The lowest BCUT2D eigenvalue weighted by atomic mass is 10.00. The van der Waals surface area contributed by atoms with E-state index in [1.54, 1.807) is 18.3 Å². The van der Waals surface area contributed by atoms with Crippen molar-refractivity contribution in [2.24, 2.45) is 4.99 Å². The molecule has 0 spiro atoms. The van der Waals surface area contributed by atoms with E-state index in [9.17, 15) is 5.11 Å². The molecule has 3 N–H and O–H groups in total. The Morgan fingerprint density at radius 3 is 2.70 bits per heavy atom. The minimum Gasteiger partial charge on any atom is -0.383 e. The first kappa shape index (κ1) is 21.4. The number of hydrogen-bond acceptors (Lipinski definition) is 4. The predicted molar refractivity (Wildman–Crippen MR) is 113 cm³/mol. The van der Waals surface area contributed by atoms with Crippen LogP contribution < -0.4 is 10.6 Å². The third-order valence-electron chi connectivity index (χ3n) is 4.28. The Labute approximate surface area is 166 Å². The second kappa shape index (κ2) is 11.1. The molecule has 0 saturated carbocycles. The van der Waals surface area contributed by atoms with E-state index in [0.717, 1.165) is 25.1 Å². The van der Waals surface area contributed by atoms with Gasteiger partial charge in [0.25, 0.3) is 0 Å². The Morgan fingerprint density at radius 1 is 1.26 bits per heavy atom. The monoisotopic (exact) mass is 389 g/mol. The Kier molecular flexibility index (Phi) is 8.78. The Hall–Kier alpha value is -1.89. The zero-order valence-corrected chi connectivity index (χ0v) is 17.3. The van der Waals surface area contributed by atoms with Crippen LogP contribution in [0.2, 0.25) is 0 Å². The van der Waals surface area contributed by atoms with Crippen molar-refractivity contribution in [2.75, 3.05) is 26.2 Å². The van der Waals surface area contributed by atoms with Gasteiger partial charge in [-0.3, -0.25) is 0 Å². The summed E-state index contributed by atoms with van der Waals surface area (Å²) in [4.78, 5) is 4.53. The minimum atomic E-state index is -0.962. The Morgan fingerprint density at radius 2 is 2.04 bits per heavy atom. The second-order valence-electron chi connectivity index (χ2n) is 6.69. The third-order valence-corrected chi connectivity index (χ3v) is 4.97. The quantitative estimate of drug-likeness (QED) is 0.329. The SMILES string of the molecule is CCNC(=NCC(C)(O)c1ccsc1)NCCCOC(C)c1ccccc1. The Balaban J connectivity index is 1.74. The molecule has 0 radical (unpaired) electrons. The van der Waals surface area contributed by atoms with Crippen LogP contribution in [-0.2, 0) is 10.3 Å². The number of hydrogen-bond donors (Lipinski definition) is 3. The molecule has 1 aromatic heterocycles. The molecule has 0 saturated heterocycles. The fraction of sp³-hybridized carbons (Fsp3) is 0.476. The molecule has 148 valence electrons. The lowest BCUT2D eigenvalue weighted by Gasteiger charge is -2.21. The van der Waals surface area contributed by atoms with Gasteiger partial charge in [-0.1, -0.05) is 30.3 Å². The van der Waals surface area contributed by atoms with Gasteiger partial charge in [0.05, 0.1) is 12.6 Å². The highest BCUT2D eigenvalue weighted by Gasteiger charge is 2.23. The molecule has 5 nitrogen and oxygen atoms in total. The van der Waals surface area contributed by atoms with Gasteiger partial charge in [-0.25, -0.2) is 4.99 Å². The lowest BCUT2D eigenvalue weighted by Crippen LogP contribution is -2.39. The summed E-state index contributed by atoms with van der Waals surface area (Å²) >= 11 is 1.58. The average molecular weight is 390 g/mol. The first-order valence-corrected chi connectivity index (χ1v) is 10.4. The average Bonchev–Trinajstić information content (AvgIpc) is 3.22. The van der Waals surface area contributed by atoms with Gasteiger partial charge in [0.1, 0.15) is 5.60 Å². The van der Waals surface area contributed by atoms with Crippen molar-refractivity contribution < 1.29 is 9.84 Å². The Bertz CT molecular complexity index is 672. The number of guanidine groups is 1. The molecule has 6 heteroatoms. The smallest absolute Gasteiger partial charge is 0.191 e. The summed E-state index contributed by atoms with van der Waals surface area (Å²) in [6.07, 6.45) is 0.969. The highest BCUT2D eigenvalue weighted by Crippen LogP contribution is 2.23. The minimum absolute atomic E-state index is 0.0915. The van der Waals surface area contributed by atoms with Gasteiger partial charge in [0.2, 0.25) is 0 Å².